The minimum Gasteiger partial charge on any atom is -0.410 e. The van der Waals surface area contributed by atoms with Crippen LogP contribution in [0.1, 0.15) is 21.5 Å². The summed E-state index contributed by atoms with van der Waals surface area (Å²) in [5.41, 5.74) is 2.98. The lowest BCUT2D eigenvalue weighted by atomic mass is 10.1. The number of para-hydroxylation sites is 1. The summed E-state index contributed by atoms with van der Waals surface area (Å²) in [7, 11) is 0. The van der Waals surface area contributed by atoms with Gasteiger partial charge in [-0.05, 0) is 49.2 Å². The highest BCUT2D eigenvalue weighted by atomic mass is 16.6. The average molecular weight is 338 g/mol. The first-order valence-corrected chi connectivity index (χ1v) is 8.43. The van der Waals surface area contributed by atoms with Crippen LogP contribution in [0, 0.1) is 13.8 Å². The van der Waals surface area contributed by atoms with E-state index in [-0.39, 0.29) is 12.0 Å². The second-order valence-electron chi connectivity index (χ2n) is 6.26. The second-order valence-corrected chi connectivity index (χ2v) is 6.26. The molecule has 25 heavy (non-hydrogen) atoms. The normalized spacial score (nSPS) is 14.3. The van der Waals surface area contributed by atoms with Gasteiger partial charge in [0, 0.05) is 31.7 Å². The first kappa shape index (κ1) is 17.0. The van der Waals surface area contributed by atoms with Crippen molar-refractivity contribution in [2.75, 3.05) is 26.2 Å². The fraction of sp³-hybridized carbons (Fsp3) is 0.300. The van der Waals surface area contributed by atoms with Crippen molar-refractivity contribution in [3.05, 3.63) is 65.2 Å². The summed E-state index contributed by atoms with van der Waals surface area (Å²) in [6.07, 6.45) is -0.371. The summed E-state index contributed by atoms with van der Waals surface area (Å²) in [6, 6.07) is 14.8. The highest BCUT2D eigenvalue weighted by Gasteiger charge is 2.26. The molecule has 5 nitrogen and oxygen atoms in total. The number of carbonyl (C=O) groups is 2. The molecule has 1 heterocycles. The molecule has 1 fully saturated rings. The van der Waals surface area contributed by atoms with E-state index in [0.717, 1.165) is 5.56 Å². The lowest BCUT2D eigenvalue weighted by Crippen LogP contribution is -2.51. The minimum absolute atomic E-state index is 0.0131. The summed E-state index contributed by atoms with van der Waals surface area (Å²) in [5.74, 6) is 0.542. The molecule has 0 bridgehead atoms. The van der Waals surface area contributed by atoms with Crippen molar-refractivity contribution in [2.24, 2.45) is 0 Å². The maximum atomic E-state index is 12.6. The van der Waals surface area contributed by atoms with Gasteiger partial charge in [-0.2, -0.15) is 0 Å². The molecule has 2 aromatic rings. The summed E-state index contributed by atoms with van der Waals surface area (Å²) in [4.78, 5) is 28.2. The fourth-order valence-corrected chi connectivity index (χ4v) is 2.80. The van der Waals surface area contributed by atoms with Gasteiger partial charge in [-0.15, -0.1) is 0 Å². The highest BCUT2D eigenvalue weighted by Crippen LogP contribution is 2.15. The average Bonchev–Trinajstić information content (AvgIpc) is 2.64. The Labute approximate surface area is 147 Å². The zero-order chi connectivity index (χ0) is 17.8. The first-order chi connectivity index (χ1) is 12.0. The highest BCUT2D eigenvalue weighted by molar-refractivity contribution is 5.94. The van der Waals surface area contributed by atoms with Gasteiger partial charge in [-0.1, -0.05) is 24.3 Å². The van der Waals surface area contributed by atoms with Crippen LogP contribution in [-0.4, -0.2) is 48.0 Å². The van der Waals surface area contributed by atoms with Crippen molar-refractivity contribution < 1.29 is 14.3 Å². The Morgan fingerprint density at radius 3 is 2.12 bits per heavy atom. The predicted molar refractivity (Wildman–Crippen MR) is 95.9 cm³/mol. The molecule has 5 heteroatoms. The number of piperazine rings is 1. The van der Waals surface area contributed by atoms with E-state index in [0.29, 0.717) is 37.5 Å². The molecule has 0 aromatic heterocycles. The van der Waals surface area contributed by atoms with Crippen molar-refractivity contribution >= 4 is 12.0 Å². The lowest BCUT2D eigenvalue weighted by Gasteiger charge is -2.34. The van der Waals surface area contributed by atoms with Gasteiger partial charge in [-0.25, -0.2) is 4.79 Å². The number of nitrogens with zero attached hydrogens (tertiary/aromatic N) is 2. The van der Waals surface area contributed by atoms with Gasteiger partial charge in [-0.3, -0.25) is 4.79 Å². The van der Waals surface area contributed by atoms with Crippen LogP contribution in [0.2, 0.25) is 0 Å². The zero-order valence-electron chi connectivity index (χ0n) is 14.6. The van der Waals surface area contributed by atoms with E-state index in [2.05, 4.69) is 0 Å². The van der Waals surface area contributed by atoms with Crippen molar-refractivity contribution in [2.45, 2.75) is 13.8 Å². The third kappa shape index (κ3) is 3.99. The van der Waals surface area contributed by atoms with E-state index in [1.54, 1.807) is 21.9 Å². The molecule has 0 spiro atoms. The third-order valence-electron chi connectivity index (χ3n) is 4.53. The molecule has 130 valence electrons. The predicted octanol–water partition coefficient (Wildman–Crippen LogP) is 3.26. The Kier molecular flexibility index (Phi) is 5.03. The van der Waals surface area contributed by atoms with Crippen LogP contribution in [0.5, 0.6) is 5.75 Å². The Morgan fingerprint density at radius 2 is 1.48 bits per heavy atom. The van der Waals surface area contributed by atoms with Crippen LogP contribution in [0.25, 0.3) is 0 Å². The number of hydrogen-bond acceptors (Lipinski definition) is 3. The van der Waals surface area contributed by atoms with E-state index in [9.17, 15) is 9.59 Å². The molecule has 1 aliphatic heterocycles. The first-order valence-electron chi connectivity index (χ1n) is 8.43. The number of aryl methyl sites for hydroxylation is 2. The number of hydrogen-bond donors (Lipinski definition) is 0. The number of rotatable bonds is 2. The van der Waals surface area contributed by atoms with E-state index in [1.165, 1.54) is 5.56 Å². The standard InChI is InChI=1S/C20H22N2O3/c1-15-8-9-17(14-16(15)2)19(23)21-10-12-22(13-11-21)20(24)25-18-6-4-3-5-7-18/h3-9,14H,10-13H2,1-2H3. The van der Waals surface area contributed by atoms with Crippen molar-refractivity contribution in [3.63, 3.8) is 0 Å². The van der Waals surface area contributed by atoms with Gasteiger partial charge in [0.05, 0.1) is 0 Å². The molecular weight excluding hydrogens is 316 g/mol. The van der Waals surface area contributed by atoms with Gasteiger partial charge < -0.3 is 14.5 Å². The molecule has 1 aliphatic rings. The molecule has 1 saturated heterocycles. The van der Waals surface area contributed by atoms with Gasteiger partial charge >= 0.3 is 6.09 Å². The summed E-state index contributed by atoms with van der Waals surface area (Å²) in [5, 5.41) is 0. The van der Waals surface area contributed by atoms with E-state index in [1.807, 2.05) is 50.2 Å². The van der Waals surface area contributed by atoms with E-state index < -0.39 is 0 Å². The Hall–Kier alpha value is -2.82. The Morgan fingerprint density at radius 1 is 0.840 bits per heavy atom. The van der Waals surface area contributed by atoms with Crippen LogP contribution >= 0.6 is 0 Å². The van der Waals surface area contributed by atoms with Gasteiger partial charge in [0.2, 0.25) is 0 Å². The van der Waals surface area contributed by atoms with E-state index >= 15 is 0 Å². The molecule has 0 radical (unpaired) electrons. The smallest absolute Gasteiger partial charge is 0.410 e. The molecule has 0 atom stereocenters. The number of ether oxygens (including phenoxy) is 1. The van der Waals surface area contributed by atoms with Gasteiger partial charge in [0.1, 0.15) is 5.75 Å². The fourth-order valence-electron chi connectivity index (χ4n) is 2.80. The molecule has 0 aliphatic carbocycles. The van der Waals surface area contributed by atoms with Crippen molar-refractivity contribution in [3.8, 4) is 5.75 Å². The number of benzene rings is 2. The zero-order valence-corrected chi connectivity index (χ0v) is 14.6. The van der Waals surface area contributed by atoms with Crippen molar-refractivity contribution in [1.82, 2.24) is 9.80 Å². The molecule has 0 N–H and O–H groups in total. The maximum Gasteiger partial charge on any atom is 0.415 e. The van der Waals surface area contributed by atoms with Crippen LogP contribution in [0.4, 0.5) is 4.79 Å². The lowest BCUT2D eigenvalue weighted by molar-refractivity contribution is 0.0633. The molecule has 3 rings (SSSR count). The van der Waals surface area contributed by atoms with Crippen LogP contribution in [-0.2, 0) is 0 Å². The monoisotopic (exact) mass is 338 g/mol. The Bertz CT molecular complexity index is 766. The minimum atomic E-state index is -0.371. The third-order valence-corrected chi connectivity index (χ3v) is 4.53. The van der Waals surface area contributed by atoms with Crippen LogP contribution in [0.15, 0.2) is 48.5 Å². The molecule has 2 aromatic carbocycles. The summed E-state index contributed by atoms with van der Waals surface area (Å²) < 4.78 is 5.35. The number of amides is 2. The largest absolute Gasteiger partial charge is 0.415 e. The van der Waals surface area contributed by atoms with Crippen molar-refractivity contribution in [1.29, 1.82) is 0 Å². The van der Waals surface area contributed by atoms with Gasteiger partial charge in [0.15, 0.2) is 0 Å². The number of carbonyl (C=O) groups excluding carboxylic acids is 2. The maximum absolute atomic E-state index is 12.6. The SMILES string of the molecule is Cc1ccc(C(=O)N2CCN(C(=O)Oc3ccccc3)CC2)cc1C. The van der Waals surface area contributed by atoms with Gasteiger partial charge in [0.25, 0.3) is 5.91 Å². The summed E-state index contributed by atoms with van der Waals surface area (Å²) in [6.45, 7) is 6.00. The molecular formula is C20H22N2O3. The molecule has 2 amide bonds. The molecule has 0 saturated carbocycles. The topological polar surface area (TPSA) is 49.9 Å². The van der Waals surface area contributed by atoms with Crippen LogP contribution in [0.3, 0.4) is 0 Å². The quantitative estimate of drug-likeness (QED) is 0.844. The molecule has 0 unspecified atom stereocenters. The Balaban J connectivity index is 1.57. The van der Waals surface area contributed by atoms with E-state index in [4.69, 9.17) is 4.74 Å². The second kappa shape index (κ2) is 7.38. The summed E-state index contributed by atoms with van der Waals surface area (Å²) >= 11 is 0. The van der Waals surface area contributed by atoms with Crippen LogP contribution < -0.4 is 4.74 Å².